The highest BCUT2D eigenvalue weighted by molar-refractivity contribution is 5.93. The zero-order chi connectivity index (χ0) is 19.6. The average molecular weight is 387 g/mol. The van der Waals surface area contributed by atoms with Crippen LogP contribution in [-0.2, 0) is 11.3 Å². The first-order valence-electron chi connectivity index (χ1n) is 10.3. The molecule has 4 rings (SSSR count). The Morgan fingerprint density at radius 3 is 2.64 bits per heavy atom. The highest BCUT2D eigenvalue weighted by Crippen LogP contribution is 2.45. The molecule has 1 aromatic rings. The second kappa shape index (κ2) is 8.09. The summed E-state index contributed by atoms with van der Waals surface area (Å²) in [5.41, 5.74) is 3.32. The Kier molecular flexibility index (Phi) is 5.55. The molecule has 0 bridgehead atoms. The number of hydrogen-bond donors (Lipinski definition) is 3. The predicted octanol–water partition coefficient (Wildman–Crippen LogP) is 2.09. The van der Waals surface area contributed by atoms with E-state index < -0.39 is 5.91 Å². The zero-order valence-corrected chi connectivity index (χ0v) is 16.2. The first-order valence-corrected chi connectivity index (χ1v) is 10.3. The van der Waals surface area contributed by atoms with Gasteiger partial charge in [-0.05, 0) is 69.2 Å². The van der Waals surface area contributed by atoms with Crippen LogP contribution >= 0.6 is 0 Å². The normalized spacial score (nSPS) is 22.1. The molecule has 7 heteroatoms. The monoisotopic (exact) mass is 387 g/mol. The first-order chi connectivity index (χ1) is 13.6. The van der Waals surface area contributed by atoms with E-state index in [-0.39, 0.29) is 11.8 Å². The molecule has 1 saturated carbocycles. The summed E-state index contributed by atoms with van der Waals surface area (Å²) in [6, 6.07) is 5.07. The molecule has 1 spiro atoms. The van der Waals surface area contributed by atoms with Gasteiger partial charge in [-0.3, -0.25) is 14.8 Å². The third-order valence-corrected chi connectivity index (χ3v) is 6.78. The lowest BCUT2D eigenvalue weighted by atomic mass is 9.65. The van der Waals surface area contributed by atoms with Gasteiger partial charge in [0.25, 0.3) is 5.91 Å². The average Bonchev–Trinajstić information content (AvgIpc) is 2.95. The van der Waals surface area contributed by atoms with Crippen molar-refractivity contribution in [2.75, 3.05) is 26.2 Å². The van der Waals surface area contributed by atoms with E-state index in [0.29, 0.717) is 36.4 Å². The van der Waals surface area contributed by atoms with E-state index in [0.717, 1.165) is 44.3 Å². The molecule has 0 aromatic heterocycles. The number of hydroxylamine groups is 1. The summed E-state index contributed by atoms with van der Waals surface area (Å²) in [6.45, 7) is 3.68. The molecule has 2 heterocycles. The molecular formula is C21H29N3O4. The minimum absolute atomic E-state index is 0.113. The molecule has 1 saturated heterocycles. The summed E-state index contributed by atoms with van der Waals surface area (Å²) in [6.07, 6.45) is 6.76. The largest absolute Gasteiger partial charge is 0.491 e. The lowest BCUT2D eigenvalue weighted by Gasteiger charge is -2.43. The molecule has 7 nitrogen and oxygen atoms in total. The Labute approximate surface area is 165 Å². The van der Waals surface area contributed by atoms with Gasteiger partial charge in [-0.15, -0.1) is 0 Å². The number of piperidine rings is 1. The van der Waals surface area contributed by atoms with Gasteiger partial charge in [-0.25, -0.2) is 5.48 Å². The standard InChI is InChI=1S/C21H29N3O4/c25-19(23-27)16-1-2-17-14-24(11-12-28-18(17)13-16)20(26)15-3-5-21(6-4-15)7-9-22-10-8-21/h1-2,13,15,22,27H,3-12,14H2,(H,23,25). The number of carbonyl (C=O) groups is 2. The summed E-state index contributed by atoms with van der Waals surface area (Å²) in [5, 5.41) is 12.2. The topological polar surface area (TPSA) is 90.9 Å². The fraction of sp³-hybridized carbons (Fsp3) is 0.619. The highest BCUT2D eigenvalue weighted by Gasteiger charge is 2.39. The SMILES string of the molecule is O=C(NO)c1ccc2c(c1)OCCN(C(=O)C1CCC3(CCNCC3)CC1)C2. The number of amides is 2. The Morgan fingerprint density at radius 2 is 1.93 bits per heavy atom. The van der Waals surface area contributed by atoms with Gasteiger partial charge in [0.2, 0.25) is 5.91 Å². The van der Waals surface area contributed by atoms with Crippen LogP contribution in [0.1, 0.15) is 54.4 Å². The number of hydrogen-bond acceptors (Lipinski definition) is 5. The number of fused-ring (bicyclic) bond motifs is 1. The molecule has 2 amide bonds. The third-order valence-electron chi connectivity index (χ3n) is 6.78. The van der Waals surface area contributed by atoms with Crippen molar-refractivity contribution < 1.29 is 19.5 Å². The zero-order valence-electron chi connectivity index (χ0n) is 16.2. The molecule has 3 aliphatic rings. The van der Waals surface area contributed by atoms with Crippen LogP contribution in [0.3, 0.4) is 0 Å². The smallest absolute Gasteiger partial charge is 0.274 e. The summed E-state index contributed by atoms with van der Waals surface area (Å²) >= 11 is 0. The highest BCUT2D eigenvalue weighted by atomic mass is 16.5. The Hall–Kier alpha value is -2.12. The molecule has 0 atom stereocenters. The molecular weight excluding hydrogens is 358 g/mol. The fourth-order valence-electron chi connectivity index (χ4n) is 4.96. The number of nitrogens with zero attached hydrogens (tertiary/aromatic N) is 1. The quantitative estimate of drug-likeness (QED) is 0.534. The van der Waals surface area contributed by atoms with Crippen molar-refractivity contribution in [3.63, 3.8) is 0 Å². The van der Waals surface area contributed by atoms with E-state index >= 15 is 0 Å². The van der Waals surface area contributed by atoms with Gasteiger partial charge in [-0.1, -0.05) is 6.07 Å². The number of ether oxygens (including phenoxy) is 1. The van der Waals surface area contributed by atoms with E-state index in [1.807, 2.05) is 4.90 Å². The van der Waals surface area contributed by atoms with E-state index in [1.165, 1.54) is 12.8 Å². The van der Waals surface area contributed by atoms with Crippen LogP contribution in [0.5, 0.6) is 5.75 Å². The maximum atomic E-state index is 13.2. The Morgan fingerprint density at radius 1 is 1.18 bits per heavy atom. The fourth-order valence-corrected chi connectivity index (χ4v) is 4.96. The molecule has 3 N–H and O–H groups in total. The third kappa shape index (κ3) is 3.86. The van der Waals surface area contributed by atoms with Gasteiger partial charge in [0, 0.05) is 23.6 Å². The lowest BCUT2D eigenvalue weighted by Crippen LogP contribution is -2.43. The van der Waals surface area contributed by atoms with Crippen molar-refractivity contribution in [2.45, 2.75) is 45.1 Å². The Balaban J connectivity index is 1.41. The molecule has 152 valence electrons. The van der Waals surface area contributed by atoms with Crippen LogP contribution in [0.2, 0.25) is 0 Å². The van der Waals surface area contributed by atoms with Crippen LogP contribution in [-0.4, -0.2) is 48.2 Å². The van der Waals surface area contributed by atoms with E-state index in [2.05, 4.69) is 5.32 Å². The summed E-state index contributed by atoms with van der Waals surface area (Å²) < 4.78 is 5.78. The van der Waals surface area contributed by atoms with Gasteiger partial charge >= 0.3 is 0 Å². The molecule has 0 unspecified atom stereocenters. The van der Waals surface area contributed by atoms with E-state index in [4.69, 9.17) is 9.94 Å². The van der Waals surface area contributed by atoms with Crippen molar-refractivity contribution in [3.05, 3.63) is 29.3 Å². The first kappa shape index (κ1) is 19.2. The number of rotatable bonds is 2. The van der Waals surface area contributed by atoms with Gasteiger partial charge in [-0.2, -0.15) is 0 Å². The molecule has 1 aliphatic carbocycles. The van der Waals surface area contributed by atoms with Crippen LogP contribution < -0.4 is 15.5 Å². The Bertz CT molecular complexity index is 735. The maximum Gasteiger partial charge on any atom is 0.274 e. The number of nitrogens with one attached hydrogen (secondary N) is 2. The van der Waals surface area contributed by atoms with Gasteiger partial charge in [0.15, 0.2) is 0 Å². The van der Waals surface area contributed by atoms with Crippen LogP contribution in [0.25, 0.3) is 0 Å². The van der Waals surface area contributed by atoms with Crippen molar-refractivity contribution in [2.24, 2.45) is 11.3 Å². The van der Waals surface area contributed by atoms with Crippen LogP contribution in [0, 0.1) is 11.3 Å². The maximum absolute atomic E-state index is 13.2. The minimum Gasteiger partial charge on any atom is -0.491 e. The van der Waals surface area contributed by atoms with Crippen LogP contribution in [0.15, 0.2) is 18.2 Å². The summed E-state index contributed by atoms with van der Waals surface area (Å²) in [4.78, 5) is 26.7. The van der Waals surface area contributed by atoms with Gasteiger partial charge in [0.1, 0.15) is 12.4 Å². The summed E-state index contributed by atoms with van der Waals surface area (Å²) in [7, 11) is 0. The van der Waals surface area contributed by atoms with Crippen molar-refractivity contribution in [3.8, 4) is 5.75 Å². The predicted molar refractivity (Wildman–Crippen MR) is 103 cm³/mol. The van der Waals surface area contributed by atoms with Crippen molar-refractivity contribution in [1.29, 1.82) is 0 Å². The molecule has 1 aromatic carbocycles. The molecule has 28 heavy (non-hydrogen) atoms. The molecule has 0 radical (unpaired) electrons. The lowest BCUT2D eigenvalue weighted by molar-refractivity contribution is -0.138. The summed E-state index contributed by atoms with van der Waals surface area (Å²) in [5.74, 6) is 0.380. The number of benzene rings is 1. The molecule has 2 aliphatic heterocycles. The second-order valence-electron chi connectivity index (χ2n) is 8.40. The van der Waals surface area contributed by atoms with E-state index in [1.54, 1.807) is 23.7 Å². The van der Waals surface area contributed by atoms with Crippen LogP contribution in [0.4, 0.5) is 0 Å². The van der Waals surface area contributed by atoms with Gasteiger partial charge in [0.05, 0.1) is 6.54 Å². The van der Waals surface area contributed by atoms with Gasteiger partial charge < -0.3 is 15.0 Å². The van der Waals surface area contributed by atoms with Crippen molar-refractivity contribution in [1.82, 2.24) is 15.7 Å². The number of carbonyl (C=O) groups excluding carboxylic acids is 2. The van der Waals surface area contributed by atoms with E-state index in [9.17, 15) is 9.59 Å². The molecule has 2 fully saturated rings. The minimum atomic E-state index is -0.572. The van der Waals surface area contributed by atoms with Crippen molar-refractivity contribution >= 4 is 11.8 Å². The second-order valence-corrected chi connectivity index (χ2v) is 8.40.